The van der Waals surface area contributed by atoms with Crippen molar-refractivity contribution in [2.75, 3.05) is 13.1 Å². The number of halogens is 1. The standard InChI is InChI=1S/C11H11FN2O2S/c12-11-4-3-10(7-9(11)8-13)17(15,16)14-5-1-2-6-14/h3-4,7H,1-2,5-6H2. The molecule has 0 N–H and O–H groups in total. The van der Waals surface area contributed by atoms with Gasteiger partial charge in [-0.15, -0.1) is 0 Å². The summed E-state index contributed by atoms with van der Waals surface area (Å²) >= 11 is 0. The van der Waals surface area contributed by atoms with Crippen molar-refractivity contribution in [3.05, 3.63) is 29.6 Å². The van der Waals surface area contributed by atoms with E-state index in [0.717, 1.165) is 25.0 Å². The Morgan fingerprint density at radius 2 is 1.94 bits per heavy atom. The third-order valence-corrected chi connectivity index (χ3v) is 4.66. The van der Waals surface area contributed by atoms with Gasteiger partial charge in [-0.1, -0.05) is 0 Å². The van der Waals surface area contributed by atoms with Crippen LogP contribution in [0.4, 0.5) is 4.39 Å². The van der Waals surface area contributed by atoms with Crippen molar-refractivity contribution in [2.24, 2.45) is 0 Å². The molecule has 1 aromatic rings. The highest BCUT2D eigenvalue weighted by Gasteiger charge is 2.27. The molecule has 1 aliphatic heterocycles. The zero-order chi connectivity index (χ0) is 12.5. The number of sulfonamides is 1. The quantitative estimate of drug-likeness (QED) is 0.803. The van der Waals surface area contributed by atoms with E-state index in [1.807, 2.05) is 0 Å². The molecule has 2 rings (SSSR count). The van der Waals surface area contributed by atoms with Gasteiger partial charge in [0, 0.05) is 13.1 Å². The van der Waals surface area contributed by atoms with E-state index in [-0.39, 0.29) is 10.5 Å². The van der Waals surface area contributed by atoms with Gasteiger partial charge in [0.1, 0.15) is 11.9 Å². The molecule has 0 atom stereocenters. The van der Waals surface area contributed by atoms with Crippen LogP contribution >= 0.6 is 0 Å². The second-order valence-corrected chi connectivity index (χ2v) is 5.80. The van der Waals surface area contributed by atoms with Crippen LogP contribution in [-0.4, -0.2) is 25.8 Å². The van der Waals surface area contributed by atoms with Crippen LogP contribution in [0.2, 0.25) is 0 Å². The molecular weight excluding hydrogens is 243 g/mol. The summed E-state index contributed by atoms with van der Waals surface area (Å²) in [5.41, 5.74) is -0.245. The van der Waals surface area contributed by atoms with E-state index >= 15 is 0 Å². The first-order valence-corrected chi connectivity index (χ1v) is 6.69. The molecule has 6 heteroatoms. The highest BCUT2D eigenvalue weighted by Crippen LogP contribution is 2.22. The van der Waals surface area contributed by atoms with Gasteiger partial charge >= 0.3 is 0 Å². The lowest BCUT2D eigenvalue weighted by atomic mass is 10.2. The molecule has 0 aromatic heterocycles. The monoisotopic (exact) mass is 254 g/mol. The first-order valence-electron chi connectivity index (χ1n) is 5.25. The van der Waals surface area contributed by atoms with E-state index in [0.29, 0.717) is 13.1 Å². The zero-order valence-corrected chi connectivity index (χ0v) is 9.87. The highest BCUT2D eigenvalue weighted by atomic mass is 32.2. The fourth-order valence-corrected chi connectivity index (χ4v) is 3.37. The minimum atomic E-state index is -3.57. The van der Waals surface area contributed by atoms with Gasteiger partial charge in [-0.2, -0.15) is 9.57 Å². The summed E-state index contributed by atoms with van der Waals surface area (Å²) < 4.78 is 38.7. The predicted molar refractivity (Wildman–Crippen MR) is 59.1 cm³/mol. The van der Waals surface area contributed by atoms with Crippen LogP contribution < -0.4 is 0 Å². The van der Waals surface area contributed by atoms with Gasteiger partial charge in [0.25, 0.3) is 0 Å². The molecule has 0 saturated carbocycles. The van der Waals surface area contributed by atoms with Gasteiger partial charge in [0.05, 0.1) is 10.5 Å². The van der Waals surface area contributed by atoms with Crippen molar-refractivity contribution >= 4 is 10.0 Å². The largest absolute Gasteiger partial charge is 0.243 e. The molecular formula is C11H11FN2O2S. The Morgan fingerprint density at radius 3 is 2.53 bits per heavy atom. The van der Waals surface area contributed by atoms with Gasteiger partial charge in [0.15, 0.2) is 0 Å². The molecule has 0 unspecified atom stereocenters. The van der Waals surface area contributed by atoms with Crippen molar-refractivity contribution in [3.63, 3.8) is 0 Å². The molecule has 17 heavy (non-hydrogen) atoms. The highest BCUT2D eigenvalue weighted by molar-refractivity contribution is 7.89. The van der Waals surface area contributed by atoms with E-state index in [2.05, 4.69) is 0 Å². The summed E-state index contributed by atoms with van der Waals surface area (Å²) in [5, 5.41) is 8.68. The second kappa shape index (κ2) is 4.43. The molecule has 0 amide bonds. The van der Waals surface area contributed by atoms with Gasteiger partial charge in [-0.3, -0.25) is 0 Å². The van der Waals surface area contributed by atoms with Gasteiger partial charge < -0.3 is 0 Å². The number of hydrogen-bond donors (Lipinski definition) is 0. The maximum absolute atomic E-state index is 13.1. The molecule has 0 bridgehead atoms. The van der Waals surface area contributed by atoms with E-state index < -0.39 is 15.8 Å². The first-order chi connectivity index (χ1) is 8.05. The van der Waals surface area contributed by atoms with Crippen molar-refractivity contribution in [3.8, 4) is 6.07 Å². The van der Waals surface area contributed by atoms with Crippen LogP contribution in [0.5, 0.6) is 0 Å². The topological polar surface area (TPSA) is 61.2 Å². The lowest BCUT2D eigenvalue weighted by molar-refractivity contribution is 0.477. The Hall–Kier alpha value is -1.45. The molecule has 0 radical (unpaired) electrons. The van der Waals surface area contributed by atoms with Crippen LogP contribution in [0.25, 0.3) is 0 Å². The molecule has 90 valence electrons. The summed E-state index contributed by atoms with van der Waals surface area (Å²) in [6, 6.07) is 4.94. The number of nitriles is 1. The van der Waals surface area contributed by atoms with E-state index in [1.54, 1.807) is 6.07 Å². The molecule has 1 aromatic carbocycles. The predicted octanol–water partition coefficient (Wildman–Crippen LogP) is 1.48. The van der Waals surface area contributed by atoms with Crippen LogP contribution in [-0.2, 0) is 10.0 Å². The van der Waals surface area contributed by atoms with Crippen LogP contribution in [0.3, 0.4) is 0 Å². The maximum Gasteiger partial charge on any atom is 0.243 e. The van der Waals surface area contributed by atoms with Gasteiger partial charge in [0.2, 0.25) is 10.0 Å². The molecule has 1 aliphatic rings. The number of rotatable bonds is 2. The summed E-state index contributed by atoms with van der Waals surface area (Å²) in [6.45, 7) is 0.975. The Kier molecular flexibility index (Phi) is 3.13. The van der Waals surface area contributed by atoms with Crippen molar-refractivity contribution < 1.29 is 12.8 Å². The Bertz CT molecular complexity index is 572. The number of nitrogens with zero attached hydrogens (tertiary/aromatic N) is 2. The average Bonchev–Trinajstić information content (AvgIpc) is 2.83. The first kappa shape index (κ1) is 12.0. The van der Waals surface area contributed by atoms with E-state index in [4.69, 9.17) is 5.26 Å². The summed E-state index contributed by atoms with van der Waals surface area (Å²) in [5.74, 6) is -0.701. The maximum atomic E-state index is 13.1. The lowest BCUT2D eigenvalue weighted by Crippen LogP contribution is -2.27. The minimum Gasteiger partial charge on any atom is -0.207 e. The van der Waals surface area contributed by atoms with E-state index in [9.17, 15) is 12.8 Å². The third kappa shape index (κ3) is 2.16. The zero-order valence-electron chi connectivity index (χ0n) is 9.06. The Morgan fingerprint density at radius 1 is 1.29 bits per heavy atom. The minimum absolute atomic E-state index is 0.0163. The summed E-state index contributed by atoms with van der Waals surface area (Å²) in [6.07, 6.45) is 1.68. The lowest BCUT2D eigenvalue weighted by Gasteiger charge is -2.15. The second-order valence-electron chi connectivity index (χ2n) is 3.86. The molecule has 4 nitrogen and oxygen atoms in total. The van der Waals surface area contributed by atoms with Crippen molar-refractivity contribution in [1.29, 1.82) is 5.26 Å². The summed E-state index contributed by atoms with van der Waals surface area (Å²) in [7, 11) is -3.57. The molecule has 1 saturated heterocycles. The van der Waals surface area contributed by atoms with Crippen LogP contribution in [0.15, 0.2) is 23.1 Å². The van der Waals surface area contributed by atoms with Crippen LogP contribution in [0.1, 0.15) is 18.4 Å². The molecule has 1 fully saturated rings. The SMILES string of the molecule is N#Cc1cc(S(=O)(=O)N2CCCC2)ccc1F. The van der Waals surface area contributed by atoms with Crippen LogP contribution in [0, 0.1) is 17.1 Å². The van der Waals surface area contributed by atoms with Gasteiger partial charge in [-0.25, -0.2) is 12.8 Å². The Balaban J connectivity index is 2.43. The fourth-order valence-electron chi connectivity index (χ4n) is 1.83. The Labute approximate surface area is 99.3 Å². The number of benzene rings is 1. The summed E-state index contributed by atoms with van der Waals surface area (Å²) in [4.78, 5) is -0.0163. The average molecular weight is 254 g/mol. The number of hydrogen-bond acceptors (Lipinski definition) is 3. The normalized spacial score (nSPS) is 16.9. The fraction of sp³-hybridized carbons (Fsp3) is 0.364. The van der Waals surface area contributed by atoms with Crippen molar-refractivity contribution in [1.82, 2.24) is 4.31 Å². The smallest absolute Gasteiger partial charge is 0.207 e. The third-order valence-electron chi connectivity index (χ3n) is 2.76. The van der Waals surface area contributed by atoms with E-state index in [1.165, 1.54) is 10.4 Å². The van der Waals surface area contributed by atoms with Gasteiger partial charge in [-0.05, 0) is 31.0 Å². The molecule has 0 spiro atoms. The molecule has 0 aliphatic carbocycles. The van der Waals surface area contributed by atoms with Crippen molar-refractivity contribution in [2.45, 2.75) is 17.7 Å². The molecule has 1 heterocycles.